The second-order valence-electron chi connectivity index (χ2n) is 3.79. The first-order chi connectivity index (χ1) is 6.72. The summed E-state index contributed by atoms with van der Waals surface area (Å²) in [5, 5.41) is 0. The van der Waals surface area contributed by atoms with Gasteiger partial charge in [-0.15, -0.1) is 0 Å². The average molecular weight is 189 g/mol. The van der Waals surface area contributed by atoms with Gasteiger partial charge in [0.05, 0.1) is 17.6 Å². The van der Waals surface area contributed by atoms with Gasteiger partial charge in [-0.05, 0) is 17.5 Å². The highest BCUT2D eigenvalue weighted by molar-refractivity contribution is 5.79. The summed E-state index contributed by atoms with van der Waals surface area (Å²) in [6.45, 7) is 4.81. The molecule has 74 valence electrons. The molecule has 2 aromatic rings. The quantitative estimate of drug-likeness (QED) is 0.760. The molecule has 0 unspecified atom stereocenters. The van der Waals surface area contributed by atoms with Crippen LogP contribution in [0.2, 0.25) is 0 Å². The van der Waals surface area contributed by atoms with Crippen molar-refractivity contribution in [3.05, 3.63) is 29.6 Å². The molecular formula is C11H15N3. The van der Waals surface area contributed by atoms with E-state index in [-0.39, 0.29) is 0 Å². The first-order valence-electron chi connectivity index (χ1n) is 4.90. The molecule has 0 radical (unpaired) electrons. The molecule has 0 aliphatic carbocycles. The van der Waals surface area contributed by atoms with Crippen LogP contribution in [0.5, 0.6) is 0 Å². The highest BCUT2D eigenvalue weighted by atomic mass is 14.9. The van der Waals surface area contributed by atoms with Crippen molar-refractivity contribution in [3.8, 4) is 0 Å². The van der Waals surface area contributed by atoms with Gasteiger partial charge in [-0.3, -0.25) is 0 Å². The molecule has 0 saturated carbocycles. The fourth-order valence-electron chi connectivity index (χ4n) is 1.67. The summed E-state index contributed by atoms with van der Waals surface area (Å²) in [5.41, 5.74) is 8.96. The van der Waals surface area contributed by atoms with Gasteiger partial charge in [-0.2, -0.15) is 0 Å². The molecular weight excluding hydrogens is 174 g/mol. The van der Waals surface area contributed by atoms with Gasteiger partial charge in [0, 0.05) is 0 Å². The van der Waals surface area contributed by atoms with Crippen LogP contribution in [0.25, 0.3) is 11.0 Å². The summed E-state index contributed by atoms with van der Waals surface area (Å²) < 4.78 is 0. The van der Waals surface area contributed by atoms with Crippen LogP contribution in [-0.2, 0) is 6.54 Å². The van der Waals surface area contributed by atoms with Gasteiger partial charge in [0.25, 0.3) is 0 Å². The first-order valence-corrected chi connectivity index (χ1v) is 4.90. The zero-order chi connectivity index (χ0) is 10.1. The molecule has 0 fully saturated rings. The predicted octanol–water partition coefficient (Wildman–Crippen LogP) is 2.15. The van der Waals surface area contributed by atoms with Crippen molar-refractivity contribution in [2.24, 2.45) is 5.73 Å². The molecule has 0 aliphatic heterocycles. The lowest BCUT2D eigenvalue weighted by molar-refractivity contribution is 0.871. The van der Waals surface area contributed by atoms with Crippen LogP contribution in [0.4, 0.5) is 0 Å². The van der Waals surface area contributed by atoms with Gasteiger partial charge in [0.15, 0.2) is 0 Å². The van der Waals surface area contributed by atoms with E-state index in [0.717, 1.165) is 16.9 Å². The number of imidazole rings is 1. The van der Waals surface area contributed by atoms with Crippen molar-refractivity contribution >= 4 is 11.0 Å². The normalized spacial score (nSPS) is 11.4. The van der Waals surface area contributed by atoms with Gasteiger partial charge < -0.3 is 10.7 Å². The number of hydrogen-bond donors (Lipinski definition) is 2. The van der Waals surface area contributed by atoms with Crippen molar-refractivity contribution in [2.75, 3.05) is 0 Å². The summed E-state index contributed by atoms with van der Waals surface area (Å²) in [7, 11) is 0. The third-order valence-corrected chi connectivity index (χ3v) is 2.41. The SMILES string of the molecule is CC(C)c1cccc2[nH]c(CN)nc12. The second kappa shape index (κ2) is 3.42. The molecule has 0 amide bonds. The summed E-state index contributed by atoms with van der Waals surface area (Å²) in [4.78, 5) is 7.68. The third kappa shape index (κ3) is 1.40. The number of H-pyrrole nitrogens is 1. The topological polar surface area (TPSA) is 54.7 Å². The number of aromatic amines is 1. The molecule has 0 bridgehead atoms. The number of aromatic nitrogens is 2. The lowest BCUT2D eigenvalue weighted by atomic mass is 10.0. The van der Waals surface area contributed by atoms with Gasteiger partial charge in [-0.1, -0.05) is 26.0 Å². The van der Waals surface area contributed by atoms with Crippen LogP contribution in [0, 0.1) is 0 Å². The van der Waals surface area contributed by atoms with E-state index in [1.54, 1.807) is 0 Å². The molecule has 3 nitrogen and oxygen atoms in total. The van der Waals surface area contributed by atoms with E-state index in [9.17, 15) is 0 Å². The second-order valence-corrected chi connectivity index (χ2v) is 3.79. The van der Waals surface area contributed by atoms with Gasteiger partial charge in [0.1, 0.15) is 5.82 Å². The van der Waals surface area contributed by atoms with Crippen LogP contribution in [0.15, 0.2) is 18.2 Å². The fraction of sp³-hybridized carbons (Fsp3) is 0.364. The Labute approximate surface area is 83.3 Å². The predicted molar refractivity (Wildman–Crippen MR) is 58.1 cm³/mol. The van der Waals surface area contributed by atoms with E-state index in [2.05, 4.69) is 35.9 Å². The fourth-order valence-corrected chi connectivity index (χ4v) is 1.67. The summed E-state index contributed by atoms with van der Waals surface area (Å²) >= 11 is 0. The van der Waals surface area contributed by atoms with E-state index in [1.807, 2.05) is 6.07 Å². The summed E-state index contributed by atoms with van der Waals surface area (Å²) in [6, 6.07) is 6.21. The Balaban J connectivity index is 2.66. The van der Waals surface area contributed by atoms with Crippen LogP contribution in [0.1, 0.15) is 31.2 Å². The largest absolute Gasteiger partial charge is 0.341 e. The Morgan fingerprint density at radius 1 is 1.43 bits per heavy atom. The third-order valence-electron chi connectivity index (χ3n) is 2.41. The zero-order valence-electron chi connectivity index (χ0n) is 8.54. The highest BCUT2D eigenvalue weighted by Crippen LogP contribution is 2.23. The minimum Gasteiger partial charge on any atom is -0.341 e. The number of nitrogens with one attached hydrogen (secondary N) is 1. The van der Waals surface area contributed by atoms with E-state index in [1.165, 1.54) is 5.56 Å². The molecule has 3 heteroatoms. The number of benzene rings is 1. The van der Waals surface area contributed by atoms with Crippen molar-refractivity contribution in [1.29, 1.82) is 0 Å². The molecule has 0 aliphatic rings. The maximum absolute atomic E-state index is 5.55. The Kier molecular flexibility index (Phi) is 2.25. The number of nitrogens with two attached hydrogens (primary N) is 1. The molecule has 1 aromatic heterocycles. The molecule has 1 heterocycles. The smallest absolute Gasteiger partial charge is 0.121 e. The van der Waals surface area contributed by atoms with Crippen molar-refractivity contribution in [1.82, 2.24) is 9.97 Å². The van der Waals surface area contributed by atoms with Crippen LogP contribution in [0.3, 0.4) is 0 Å². The van der Waals surface area contributed by atoms with Gasteiger partial charge in [-0.25, -0.2) is 4.98 Å². The van der Waals surface area contributed by atoms with E-state index in [4.69, 9.17) is 5.73 Å². The minimum atomic E-state index is 0.464. The van der Waals surface area contributed by atoms with E-state index >= 15 is 0 Å². The Hall–Kier alpha value is -1.35. The van der Waals surface area contributed by atoms with Crippen molar-refractivity contribution in [2.45, 2.75) is 26.3 Å². The zero-order valence-corrected chi connectivity index (χ0v) is 8.54. The maximum atomic E-state index is 5.55. The van der Waals surface area contributed by atoms with E-state index < -0.39 is 0 Å². The molecule has 1 aromatic carbocycles. The van der Waals surface area contributed by atoms with Crippen LogP contribution < -0.4 is 5.73 Å². The molecule has 2 rings (SSSR count). The monoisotopic (exact) mass is 189 g/mol. The summed E-state index contributed by atoms with van der Waals surface area (Å²) in [6.07, 6.45) is 0. The Bertz CT molecular complexity index is 443. The average Bonchev–Trinajstić information content (AvgIpc) is 2.59. The van der Waals surface area contributed by atoms with Crippen LogP contribution in [-0.4, -0.2) is 9.97 Å². The summed E-state index contributed by atoms with van der Waals surface area (Å²) in [5.74, 6) is 1.35. The van der Waals surface area contributed by atoms with Crippen LogP contribution >= 0.6 is 0 Å². The minimum absolute atomic E-state index is 0.464. The molecule has 0 atom stereocenters. The number of nitrogens with zero attached hydrogens (tertiary/aromatic N) is 1. The van der Waals surface area contributed by atoms with Gasteiger partial charge >= 0.3 is 0 Å². The standard InChI is InChI=1S/C11H15N3/c1-7(2)8-4-3-5-9-11(8)14-10(6-12)13-9/h3-5,7H,6,12H2,1-2H3,(H,13,14). The van der Waals surface area contributed by atoms with E-state index in [0.29, 0.717) is 12.5 Å². The van der Waals surface area contributed by atoms with Gasteiger partial charge in [0.2, 0.25) is 0 Å². The lowest BCUT2D eigenvalue weighted by Crippen LogP contribution is -1.97. The number of hydrogen-bond acceptors (Lipinski definition) is 2. The van der Waals surface area contributed by atoms with Crippen molar-refractivity contribution < 1.29 is 0 Å². The Morgan fingerprint density at radius 3 is 2.86 bits per heavy atom. The first kappa shape index (κ1) is 9.21. The lowest BCUT2D eigenvalue weighted by Gasteiger charge is -2.04. The van der Waals surface area contributed by atoms with Crippen molar-refractivity contribution in [3.63, 3.8) is 0 Å². The number of para-hydroxylation sites is 1. The molecule has 0 spiro atoms. The number of fused-ring (bicyclic) bond motifs is 1. The highest BCUT2D eigenvalue weighted by Gasteiger charge is 2.08. The Morgan fingerprint density at radius 2 is 2.21 bits per heavy atom. The maximum Gasteiger partial charge on any atom is 0.121 e. The molecule has 3 N–H and O–H groups in total. The number of rotatable bonds is 2. The molecule has 14 heavy (non-hydrogen) atoms. The molecule has 0 saturated heterocycles.